The molecule has 4 fully saturated rings. The zero-order valence-corrected chi connectivity index (χ0v) is 18.5. The number of carbonyl (C=O) groups excluding carboxylic acids is 4. The molecule has 1 heterocycles. The molecule has 0 amide bonds. The van der Waals surface area contributed by atoms with Gasteiger partial charge in [0.2, 0.25) is 5.78 Å². The second kappa shape index (κ2) is 6.13. The van der Waals surface area contributed by atoms with Gasteiger partial charge in [-0.05, 0) is 37.2 Å². The minimum atomic E-state index is -1.65. The maximum Gasteiger partial charge on any atom is 0.303 e. The topological polar surface area (TPSA) is 110 Å². The summed E-state index contributed by atoms with van der Waals surface area (Å²) in [5.41, 5.74) is -2.85. The van der Waals surface area contributed by atoms with Gasteiger partial charge >= 0.3 is 5.97 Å². The first-order valence-electron chi connectivity index (χ1n) is 11.3. The van der Waals surface area contributed by atoms with Gasteiger partial charge in [0.1, 0.15) is 11.2 Å². The van der Waals surface area contributed by atoms with Crippen LogP contribution in [0.3, 0.4) is 0 Å². The highest BCUT2D eigenvalue weighted by atomic mass is 16.6. The van der Waals surface area contributed by atoms with Crippen LogP contribution in [0.25, 0.3) is 0 Å². The van der Waals surface area contributed by atoms with Crippen LogP contribution in [-0.4, -0.2) is 52.3 Å². The number of hydrogen-bond acceptors (Lipinski definition) is 7. The lowest BCUT2D eigenvalue weighted by Gasteiger charge is -2.56. The standard InChI is InChI=1S/C24H30O7/c1-12-7-15-16-9-18(27)17-8-14(26)5-6-21(17,3)24(16)20(31-24)10-22(15,4)23(12,29)19(28)11-30-13(2)25/h8,12,15-16,20,29H,5-7,9-11H2,1-4H3/t12-,15+,16+,20+,21+,22+,23+,24-/m1/s1. The van der Waals surface area contributed by atoms with E-state index in [1.807, 2.05) is 13.8 Å². The first-order valence-corrected chi connectivity index (χ1v) is 11.3. The Morgan fingerprint density at radius 1 is 1.26 bits per heavy atom. The van der Waals surface area contributed by atoms with Crippen molar-refractivity contribution in [2.45, 2.75) is 77.1 Å². The number of Topliss-reactive ketones (excluding diaryl/α,β-unsaturated/α-hetero) is 2. The van der Waals surface area contributed by atoms with Crippen molar-refractivity contribution in [3.8, 4) is 0 Å². The van der Waals surface area contributed by atoms with E-state index in [4.69, 9.17) is 9.47 Å². The van der Waals surface area contributed by atoms with Crippen LogP contribution >= 0.6 is 0 Å². The van der Waals surface area contributed by atoms with Gasteiger partial charge in [0.25, 0.3) is 0 Å². The number of aliphatic hydroxyl groups is 1. The Balaban J connectivity index is 1.55. The summed E-state index contributed by atoms with van der Waals surface area (Å²) >= 11 is 0. The Morgan fingerprint density at radius 2 is 1.97 bits per heavy atom. The predicted octanol–water partition coefficient (Wildman–Crippen LogP) is 1.94. The van der Waals surface area contributed by atoms with E-state index < -0.39 is 40.4 Å². The lowest BCUT2D eigenvalue weighted by atomic mass is 9.45. The molecule has 168 valence electrons. The van der Waals surface area contributed by atoms with Crippen molar-refractivity contribution in [3.63, 3.8) is 0 Å². The van der Waals surface area contributed by atoms with Crippen LogP contribution < -0.4 is 0 Å². The summed E-state index contributed by atoms with van der Waals surface area (Å²) in [6.07, 6.45) is 3.72. The second-order valence-corrected chi connectivity index (χ2v) is 10.8. The van der Waals surface area contributed by atoms with Crippen LogP contribution in [-0.2, 0) is 28.7 Å². The lowest BCUT2D eigenvalue weighted by molar-refractivity contribution is -0.171. The summed E-state index contributed by atoms with van der Waals surface area (Å²) in [5.74, 6) is -1.58. The fraction of sp³-hybridized carbons (Fsp3) is 0.750. The van der Waals surface area contributed by atoms with E-state index in [0.717, 1.165) is 0 Å². The molecule has 0 bridgehead atoms. The fourth-order valence-electron chi connectivity index (χ4n) is 8.04. The van der Waals surface area contributed by atoms with E-state index in [1.54, 1.807) is 0 Å². The Hall–Kier alpha value is -1.86. The summed E-state index contributed by atoms with van der Waals surface area (Å²) in [5, 5.41) is 11.8. The van der Waals surface area contributed by atoms with Crippen molar-refractivity contribution in [2.75, 3.05) is 6.61 Å². The number of ether oxygens (including phenoxy) is 2. The molecule has 1 spiro atoms. The largest absolute Gasteiger partial charge is 0.458 e. The van der Waals surface area contributed by atoms with Gasteiger partial charge in [-0.15, -0.1) is 0 Å². The molecule has 0 aromatic carbocycles. The third-order valence-corrected chi connectivity index (χ3v) is 9.59. The predicted molar refractivity (Wildman–Crippen MR) is 108 cm³/mol. The lowest BCUT2D eigenvalue weighted by Crippen LogP contribution is -2.63. The van der Waals surface area contributed by atoms with Crippen molar-refractivity contribution in [1.29, 1.82) is 0 Å². The molecule has 5 rings (SSSR count). The number of hydrogen-bond donors (Lipinski definition) is 1. The van der Waals surface area contributed by atoms with Gasteiger partial charge in [0, 0.05) is 42.1 Å². The molecule has 31 heavy (non-hydrogen) atoms. The molecule has 0 aromatic heterocycles. The highest BCUT2D eigenvalue weighted by Gasteiger charge is 2.83. The number of esters is 1. The summed E-state index contributed by atoms with van der Waals surface area (Å²) in [6.45, 7) is 6.63. The minimum absolute atomic E-state index is 0.00606. The average molecular weight is 430 g/mol. The molecule has 4 aliphatic carbocycles. The molecular formula is C24H30O7. The second-order valence-electron chi connectivity index (χ2n) is 10.8. The van der Waals surface area contributed by atoms with Crippen molar-refractivity contribution in [2.24, 2.45) is 28.6 Å². The van der Waals surface area contributed by atoms with E-state index in [0.29, 0.717) is 31.3 Å². The maximum absolute atomic E-state index is 13.2. The molecule has 7 heteroatoms. The zero-order valence-electron chi connectivity index (χ0n) is 18.5. The number of epoxide rings is 1. The highest BCUT2D eigenvalue weighted by molar-refractivity contribution is 6.06. The van der Waals surface area contributed by atoms with Crippen LogP contribution in [0.15, 0.2) is 11.6 Å². The van der Waals surface area contributed by atoms with E-state index in [1.165, 1.54) is 13.0 Å². The molecule has 1 N–H and O–H groups in total. The molecule has 3 saturated carbocycles. The van der Waals surface area contributed by atoms with Crippen LogP contribution in [0.2, 0.25) is 0 Å². The molecule has 7 nitrogen and oxygen atoms in total. The molecule has 1 aliphatic heterocycles. The van der Waals surface area contributed by atoms with Gasteiger partial charge in [-0.2, -0.15) is 0 Å². The fourth-order valence-corrected chi connectivity index (χ4v) is 8.04. The van der Waals surface area contributed by atoms with Crippen molar-refractivity contribution in [3.05, 3.63) is 11.6 Å². The average Bonchev–Trinajstić information content (AvgIpc) is 3.38. The van der Waals surface area contributed by atoms with Gasteiger partial charge in [-0.25, -0.2) is 0 Å². The first-order chi connectivity index (χ1) is 14.4. The normalized spacial score (nSPS) is 49.9. The number of ketones is 3. The molecule has 5 aliphatic rings. The van der Waals surface area contributed by atoms with Gasteiger partial charge in [0.05, 0.1) is 6.10 Å². The summed E-state index contributed by atoms with van der Waals surface area (Å²) in [4.78, 5) is 49.6. The third-order valence-electron chi connectivity index (χ3n) is 9.59. The molecule has 1 saturated heterocycles. The van der Waals surface area contributed by atoms with Crippen molar-refractivity contribution >= 4 is 23.3 Å². The number of fused-ring (bicyclic) bond motifs is 3. The van der Waals surface area contributed by atoms with Gasteiger partial charge in [-0.3, -0.25) is 19.2 Å². The van der Waals surface area contributed by atoms with Gasteiger partial charge in [0.15, 0.2) is 18.2 Å². The van der Waals surface area contributed by atoms with Crippen LogP contribution in [0.1, 0.15) is 59.8 Å². The Bertz CT molecular complexity index is 952. The maximum atomic E-state index is 13.2. The first kappa shape index (κ1) is 21.0. The van der Waals surface area contributed by atoms with Crippen LogP contribution in [0, 0.1) is 28.6 Å². The SMILES string of the molecule is CC(=O)OCC(=O)[C@@]1(O)[C@H](C)C[C@H]2[C@@H]3CC(=O)C4=CC(=O)CC[C@]4(C)[C@@]34O[C@H]4C[C@@]21C. The summed E-state index contributed by atoms with van der Waals surface area (Å²) in [6, 6.07) is 0. The Morgan fingerprint density at radius 3 is 2.65 bits per heavy atom. The summed E-state index contributed by atoms with van der Waals surface area (Å²) < 4.78 is 11.4. The quantitative estimate of drug-likeness (QED) is 0.538. The smallest absolute Gasteiger partial charge is 0.303 e. The van der Waals surface area contributed by atoms with Gasteiger partial charge in [-0.1, -0.05) is 20.8 Å². The monoisotopic (exact) mass is 430 g/mol. The number of carbonyl (C=O) groups is 4. The van der Waals surface area contributed by atoms with E-state index in [9.17, 15) is 24.3 Å². The zero-order chi connectivity index (χ0) is 22.6. The Labute approximate surface area is 181 Å². The van der Waals surface area contributed by atoms with Crippen molar-refractivity contribution < 1.29 is 33.8 Å². The molecular weight excluding hydrogens is 400 g/mol. The summed E-state index contributed by atoms with van der Waals surface area (Å²) in [7, 11) is 0. The van der Waals surface area contributed by atoms with E-state index in [-0.39, 0.29) is 41.8 Å². The van der Waals surface area contributed by atoms with Crippen LogP contribution in [0.4, 0.5) is 0 Å². The third kappa shape index (κ3) is 2.31. The van der Waals surface area contributed by atoms with E-state index in [2.05, 4.69) is 6.92 Å². The minimum Gasteiger partial charge on any atom is -0.458 e. The molecule has 8 atom stereocenters. The Kier molecular flexibility index (Phi) is 4.16. The van der Waals surface area contributed by atoms with Crippen LogP contribution in [0.5, 0.6) is 0 Å². The van der Waals surface area contributed by atoms with E-state index >= 15 is 0 Å². The molecule has 0 unspecified atom stereocenters. The molecule has 0 aromatic rings. The molecule has 0 radical (unpaired) electrons. The number of rotatable bonds is 3. The highest BCUT2D eigenvalue weighted by Crippen LogP contribution is 2.76. The van der Waals surface area contributed by atoms with Gasteiger partial charge < -0.3 is 14.6 Å². The van der Waals surface area contributed by atoms with Crippen molar-refractivity contribution in [1.82, 2.24) is 0 Å².